The van der Waals surface area contributed by atoms with E-state index < -0.39 is 0 Å². The van der Waals surface area contributed by atoms with E-state index in [1.165, 1.54) is 24.2 Å². The maximum absolute atomic E-state index is 8.77. The topological polar surface area (TPSA) is 210 Å². The van der Waals surface area contributed by atoms with Crippen LogP contribution in [0.3, 0.4) is 0 Å². The van der Waals surface area contributed by atoms with Gasteiger partial charge in [-0.05, 0) is 97.6 Å². The summed E-state index contributed by atoms with van der Waals surface area (Å²) in [5, 5.41) is 36.5. The average molecular weight is 971 g/mol. The second-order valence-corrected chi connectivity index (χ2v) is 16.5. The second kappa shape index (κ2) is 25.7. The first-order valence-corrected chi connectivity index (χ1v) is 21.8. The summed E-state index contributed by atoms with van der Waals surface area (Å²) in [6, 6.07) is 14.2. The zero-order chi connectivity index (χ0) is 41.6. The molecule has 0 aliphatic carbocycles. The van der Waals surface area contributed by atoms with Crippen molar-refractivity contribution in [2.45, 2.75) is 83.0 Å². The number of aliphatic hydroxyl groups excluding tert-OH is 2. The fourth-order valence-corrected chi connectivity index (χ4v) is 8.99. The summed E-state index contributed by atoms with van der Waals surface area (Å²) in [5.74, 6) is 0.774. The van der Waals surface area contributed by atoms with Crippen molar-refractivity contribution in [2.24, 2.45) is 0 Å². The molecule has 0 aromatic carbocycles. The Morgan fingerprint density at radius 1 is 0.689 bits per heavy atom. The number of pyridine rings is 2. The van der Waals surface area contributed by atoms with Crippen LogP contribution in [0.2, 0.25) is 10.3 Å². The number of nitrogen functional groups attached to an aromatic ring is 2. The molecular weight excluding hydrogens is 911 g/mol. The van der Waals surface area contributed by atoms with E-state index in [0.717, 1.165) is 81.8 Å². The first-order valence-electron chi connectivity index (χ1n) is 20.3. The molecule has 20 heteroatoms. The summed E-state index contributed by atoms with van der Waals surface area (Å²) >= 11 is 14.6. The number of anilines is 5. The number of aliphatic hydroxyl groups is 2. The van der Waals surface area contributed by atoms with Gasteiger partial charge in [0.25, 0.3) is 0 Å². The summed E-state index contributed by atoms with van der Waals surface area (Å²) in [7, 11) is 0. The number of nitrogens with two attached hydrogens (primary N) is 2. The van der Waals surface area contributed by atoms with Crippen LogP contribution in [0.15, 0.2) is 53.3 Å². The zero-order valence-corrected chi connectivity index (χ0v) is 37.5. The molecule has 16 nitrogen and oxygen atoms in total. The number of nitrogens with zero attached hydrogens (tertiary/aromatic N) is 9. The van der Waals surface area contributed by atoms with Gasteiger partial charge in [-0.2, -0.15) is 0 Å². The third-order valence-electron chi connectivity index (χ3n) is 10.8. The third-order valence-corrected chi connectivity index (χ3v) is 11.8. The van der Waals surface area contributed by atoms with Crippen molar-refractivity contribution >= 4 is 80.2 Å². The lowest BCUT2D eigenvalue weighted by Crippen LogP contribution is -2.54. The SMILES string of the molecule is C.Cl.Nc1nnc(Cl)cc1Br.Nc1nnc(Cl)cc1N1CC2CCC(C1)N2c1ccnc(CCCOCCO)c1.OCCOCCCc1cc(N2C3CCC2CNC3)ccn1. The van der Waals surface area contributed by atoms with Crippen molar-refractivity contribution in [2.75, 3.05) is 92.0 Å². The number of hydrogen-bond acceptors (Lipinski definition) is 16. The molecule has 4 aromatic rings. The number of ether oxygens (including phenoxy) is 2. The molecule has 4 aliphatic rings. The van der Waals surface area contributed by atoms with Crippen LogP contribution in [-0.2, 0) is 22.3 Å². The van der Waals surface area contributed by atoms with E-state index in [2.05, 4.69) is 90.6 Å². The van der Waals surface area contributed by atoms with Gasteiger partial charge in [0.1, 0.15) is 0 Å². The number of aryl methyl sites for hydroxylation is 2. The summed E-state index contributed by atoms with van der Waals surface area (Å²) in [6.45, 7) is 6.28. The van der Waals surface area contributed by atoms with Crippen LogP contribution < -0.4 is 31.5 Å². The molecule has 8 rings (SSSR count). The molecule has 336 valence electrons. The molecule has 61 heavy (non-hydrogen) atoms. The van der Waals surface area contributed by atoms with Crippen molar-refractivity contribution in [3.63, 3.8) is 0 Å². The zero-order valence-electron chi connectivity index (χ0n) is 33.6. The standard InChI is InChI=1S/C20H27ClN6O2.C16H25N3O2.C4H3BrClN3.CH4.ClH/c21-19-11-18(20(22)25-24-19)26-12-16-3-4-17(13-26)27(16)15-5-6-23-14(10-15)2-1-8-29-9-7-28;20-7-9-21-8-1-2-13-10-14(5-6-18-13)19-15-3-4-16(19)12-17-11-15;5-2-1-3(6)8-9-4(2)7;;/h5-6,10-11,16-17,28H,1-4,7-9,12-13H2,(H2,22,25);5-6,10,15-17,20H,1-4,7-9,11-12H2;1H,(H2,7,9);1H4;1H. The fraction of sp³-hybridized carbons (Fsp3) is 0.561. The highest BCUT2D eigenvalue weighted by Gasteiger charge is 2.41. The van der Waals surface area contributed by atoms with Gasteiger partial charge in [0.05, 0.1) is 36.6 Å². The molecular formula is C41H60BrCl3N12O4. The Bertz CT molecular complexity index is 1900. The molecule has 4 bridgehead atoms. The lowest BCUT2D eigenvalue weighted by molar-refractivity contribution is 0.0908. The van der Waals surface area contributed by atoms with Crippen molar-refractivity contribution in [1.29, 1.82) is 0 Å². The molecule has 0 spiro atoms. The number of hydrogen-bond donors (Lipinski definition) is 5. The Labute approximate surface area is 383 Å². The summed E-state index contributed by atoms with van der Waals surface area (Å²) < 4.78 is 11.3. The van der Waals surface area contributed by atoms with Crippen LogP contribution >= 0.6 is 51.5 Å². The summed E-state index contributed by atoms with van der Waals surface area (Å²) in [6.07, 6.45) is 12.4. The molecule has 8 heterocycles. The van der Waals surface area contributed by atoms with E-state index in [-0.39, 0.29) is 33.0 Å². The maximum atomic E-state index is 8.77. The van der Waals surface area contributed by atoms with Gasteiger partial charge in [0, 0.05) is 105 Å². The van der Waals surface area contributed by atoms with Crippen LogP contribution in [0.4, 0.5) is 28.7 Å². The molecule has 7 N–H and O–H groups in total. The minimum Gasteiger partial charge on any atom is -0.394 e. The van der Waals surface area contributed by atoms with Crippen LogP contribution in [-0.4, -0.2) is 131 Å². The van der Waals surface area contributed by atoms with Gasteiger partial charge >= 0.3 is 0 Å². The molecule has 4 saturated heterocycles. The summed E-state index contributed by atoms with van der Waals surface area (Å²) in [5.41, 5.74) is 17.0. The van der Waals surface area contributed by atoms with Gasteiger partial charge in [-0.25, -0.2) is 0 Å². The number of nitrogens with one attached hydrogen (secondary N) is 1. The largest absolute Gasteiger partial charge is 0.394 e. The van der Waals surface area contributed by atoms with E-state index in [9.17, 15) is 0 Å². The van der Waals surface area contributed by atoms with Gasteiger partial charge in [-0.3, -0.25) is 9.97 Å². The van der Waals surface area contributed by atoms with E-state index >= 15 is 0 Å². The van der Waals surface area contributed by atoms with Crippen LogP contribution in [0.1, 0.15) is 57.3 Å². The van der Waals surface area contributed by atoms with Crippen molar-refractivity contribution < 1.29 is 19.7 Å². The van der Waals surface area contributed by atoms with Crippen molar-refractivity contribution in [3.8, 4) is 0 Å². The highest BCUT2D eigenvalue weighted by molar-refractivity contribution is 9.10. The second-order valence-electron chi connectivity index (χ2n) is 14.9. The smallest absolute Gasteiger partial charge is 0.169 e. The van der Waals surface area contributed by atoms with Crippen LogP contribution in [0.25, 0.3) is 0 Å². The lowest BCUT2D eigenvalue weighted by Gasteiger charge is -2.43. The molecule has 0 radical (unpaired) electrons. The number of aromatic nitrogens is 6. The predicted octanol–water partition coefficient (Wildman–Crippen LogP) is 5.40. The molecule has 4 fully saturated rings. The van der Waals surface area contributed by atoms with E-state index in [0.29, 0.717) is 77.0 Å². The minimum absolute atomic E-state index is 0. The Hall–Kier alpha value is -3.39. The maximum Gasteiger partial charge on any atom is 0.169 e. The third kappa shape index (κ3) is 14.3. The van der Waals surface area contributed by atoms with Gasteiger partial charge < -0.3 is 51.2 Å². The molecule has 4 aliphatic heterocycles. The highest BCUT2D eigenvalue weighted by Crippen LogP contribution is 2.38. The number of fused-ring (bicyclic) bond motifs is 4. The quantitative estimate of drug-likeness (QED) is 0.0945. The van der Waals surface area contributed by atoms with Crippen molar-refractivity contribution in [1.82, 2.24) is 35.7 Å². The van der Waals surface area contributed by atoms with E-state index in [1.807, 2.05) is 18.5 Å². The van der Waals surface area contributed by atoms with E-state index in [4.69, 9.17) is 54.4 Å². The number of rotatable bonds is 15. The first kappa shape index (κ1) is 50.3. The monoisotopic (exact) mass is 968 g/mol. The molecule has 4 atom stereocenters. The lowest BCUT2D eigenvalue weighted by atomic mass is 10.1. The Morgan fingerprint density at radius 2 is 1.16 bits per heavy atom. The number of halogens is 4. The minimum atomic E-state index is 0. The van der Waals surface area contributed by atoms with Crippen molar-refractivity contribution in [3.05, 3.63) is 75.0 Å². The predicted molar refractivity (Wildman–Crippen MR) is 249 cm³/mol. The fourth-order valence-electron chi connectivity index (χ4n) is 8.27. The Kier molecular flexibility index (Phi) is 21.1. The van der Waals surface area contributed by atoms with Crippen LogP contribution in [0.5, 0.6) is 0 Å². The molecule has 4 aromatic heterocycles. The van der Waals surface area contributed by atoms with Gasteiger partial charge in [-0.1, -0.05) is 30.6 Å². The first-order chi connectivity index (χ1) is 28.7. The van der Waals surface area contributed by atoms with Gasteiger partial charge in [0.2, 0.25) is 0 Å². The molecule has 0 amide bonds. The highest BCUT2D eigenvalue weighted by atomic mass is 79.9. The van der Waals surface area contributed by atoms with E-state index in [1.54, 1.807) is 6.07 Å². The number of piperazine rings is 2. The normalized spacial score (nSPS) is 19.9. The average Bonchev–Trinajstić information content (AvgIpc) is 3.66. The Morgan fingerprint density at radius 3 is 1.66 bits per heavy atom. The molecule has 4 unspecified atom stereocenters. The summed E-state index contributed by atoms with van der Waals surface area (Å²) in [4.78, 5) is 16.4. The molecule has 0 saturated carbocycles. The Balaban J connectivity index is 0.000000224. The van der Waals surface area contributed by atoms with Crippen LogP contribution in [0, 0.1) is 0 Å². The van der Waals surface area contributed by atoms with Gasteiger partial charge in [-0.15, -0.1) is 32.8 Å². The van der Waals surface area contributed by atoms with Gasteiger partial charge in [0.15, 0.2) is 21.9 Å².